The molecule has 134 valence electrons. The third-order valence-corrected chi connectivity index (χ3v) is 4.65. The van der Waals surface area contributed by atoms with E-state index >= 15 is 0 Å². The molecular formula is C20H27FN3S+. The van der Waals surface area contributed by atoms with Crippen molar-refractivity contribution in [3.63, 3.8) is 0 Å². The van der Waals surface area contributed by atoms with Crippen molar-refractivity contribution in [1.29, 1.82) is 0 Å². The van der Waals surface area contributed by atoms with Crippen molar-refractivity contribution in [3.05, 3.63) is 71.0 Å². The van der Waals surface area contributed by atoms with Gasteiger partial charge in [0.1, 0.15) is 12.4 Å². The number of hydrogen-bond acceptors (Lipinski definition) is 1. The van der Waals surface area contributed by atoms with Gasteiger partial charge in [0.05, 0.1) is 13.1 Å². The normalized spacial score (nSPS) is 10.7. The van der Waals surface area contributed by atoms with Crippen molar-refractivity contribution in [2.24, 2.45) is 0 Å². The summed E-state index contributed by atoms with van der Waals surface area (Å²) in [4.78, 5) is 1.56. The van der Waals surface area contributed by atoms with Crippen LogP contribution in [0.2, 0.25) is 0 Å². The van der Waals surface area contributed by atoms with Gasteiger partial charge in [-0.25, -0.2) is 4.39 Å². The van der Waals surface area contributed by atoms with Crippen molar-refractivity contribution in [2.45, 2.75) is 33.5 Å². The van der Waals surface area contributed by atoms with Crippen molar-refractivity contribution in [1.82, 2.24) is 10.6 Å². The number of hydrogen-bond donors (Lipinski definition) is 3. The van der Waals surface area contributed by atoms with Crippen LogP contribution in [-0.4, -0.2) is 18.2 Å². The van der Waals surface area contributed by atoms with Crippen molar-refractivity contribution >= 4 is 17.3 Å². The molecule has 2 aromatic carbocycles. The molecule has 0 saturated heterocycles. The molecule has 5 heteroatoms. The van der Waals surface area contributed by atoms with Gasteiger partial charge in [0.15, 0.2) is 5.11 Å². The second kappa shape index (κ2) is 10.1. The fourth-order valence-corrected chi connectivity index (χ4v) is 2.84. The molecule has 2 aromatic rings. The van der Waals surface area contributed by atoms with Crippen LogP contribution in [0.1, 0.15) is 30.5 Å². The molecule has 3 N–H and O–H groups in total. The fourth-order valence-electron chi connectivity index (χ4n) is 2.69. The highest BCUT2D eigenvalue weighted by Gasteiger charge is 2.09. The summed E-state index contributed by atoms with van der Waals surface area (Å²) in [6, 6.07) is 14.9. The molecule has 0 aliphatic rings. The molecule has 0 aromatic heterocycles. The zero-order valence-corrected chi connectivity index (χ0v) is 15.8. The van der Waals surface area contributed by atoms with Crippen LogP contribution in [0.5, 0.6) is 0 Å². The van der Waals surface area contributed by atoms with E-state index < -0.39 is 0 Å². The van der Waals surface area contributed by atoms with Gasteiger partial charge in [-0.3, -0.25) is 0 Å². The van der Waals surface area contributed by atoms with E-state index in [4.69, 9.17) is 12.2 Å². The molecule has 0 radical (unpaired) electrons. The maximum absolute atomic E-state index is 12.9. The SMILES string of the molecule is CC[NH+](CC)Cc1ccccc1CNC(=S)NCc1ccc(F)cc1. The Hall–Kier alpha value is -1.98. The van der Waals surface area contributed by atoms with Gasteiger partial charge < -0.3 is 15.5 Å². The van der Waals surface area contributed by atoms with E-state index in [1.165, 1.54) is 23.3 Å². The van der Waals surface area contributed by atoms with Gasteiger partial charge >= 0.3 is 0 Å². The zero-order chi connectivity index (χ0) is 18.1. The summed E-state index contributed by atoms with van der Waals surface area (Å²) < 4.78 is 12.9. The fraction of sp³-hybridized carbons (Fsp3) is 0.350. The third-order valence-electron chi connectivity index (χ3n) is 4.36. The van der Waals surface area contributed by atoms with E-state index in [2.05, 4.69) is 48.7 Å². The molecule has 2 rings (SSSR count). The molecule has 0 spiro atoms. The van der Waals surface area contributed by atoms with Crippen LogP contribution in [0.4, 0.5) is 4.39 Å². The van der Waals surface area contributed by atoms with Crippen LogP contribution >= 0.6 is 12.2 Å². The van der Waals surface area contributed by atoms with Crippen LogP contribution in [0, 0.1) is 5.82 Å². The van der Waals surface area contributed by atoms with Gasteiger partial charge in [-0.15, -0.1) is 0 Å². The van der Waals surface area contributed by atoms with E-state index in [9.17, 15) is 4.39 Å². The quantitative estimate of drug-likeness (QED) is 0.632. The highest BCUT2D eigenvalue weighted by atomic mass is 32.1. The Morgan fingerprint density at radius 1 is 0.920 bits per heavy atom. The topological polar surface area (TPSA) is 28.5 Å². The van der Waals surface area contributed by atoms with E-state index in [1.807, 2.05) is 0 Å². The second-order valence-corrected chi connectivity index (χ2v) is 6.47. The smallest absolute Gasteiger partial charge is 0.166 e. The second-order valence-electron chi connectivity index (χ2n) is 6.07. The zero-order valence-electron chi connectivity index (χ0n) is 14.9. The number of benzene rings is 2. The van der Waals surface area contributed by atoms with Gasteiger partial charge in [0.2, 0.25) is 0 Å². The predicted octanol–water partition coefficient (Wildman–Crippen LogP) is 2.41. The summed E-state index contributed by atoms with van der Waals surface area (Å²) in [5.74, 6) is -0.226. The maximum atomic E-state index is 12.9. The van der Waals surface area contributed by atoms with Crippen molar-refractivity contribution < 1.29 is 9.29 Å². The van der Waals surface area contributed by atoms with Crippen LogP contribution in [0.15, 0.2) is 48.5 Å². The summed E-state index contributed by atoms with van der Waals surface area (Å²) in [5, 5.41) is 7.04. The summed E-state index contributed by atoms with van der Waals surface area (Å²) in [5.41, 5.74) is 3.62. The van der Waals surface area contributed by atoms with Crippen molar-refractivity contribution in [2.75, 3.05) is 13.1 Å². The molecule has 0 heterocycles. The lowest BCUT2D eigenvalue weighted by atomic mass is 10.1. The molecule has 25 heavy (non-hydrogen) atoms. The van der Waals surface area contributed by atoms with Crippen LogP contribution < -0.4 is 15.5 Å². The Kier molecular flexibility index (Phi) is 7.82. The van der Waals surface area contributed by atoms with Crippen LogP contribution in [0.25, 0.3) is 0 Å². The lowest BCUT2D eigenvalue weighted by Gasteiger charge is -2.18. The number of halogens is 1. The highest BCUT2D eigenvalue weighted by molar-refractivity contribution is 7.80. The van der Waals surface area contributed by atoms with E-state index in [1.54, 1.807) is 17.0 Å². The molecule has 3 nitrogen and oxygen atoms in total. The Bertz CT molecular complexity index is 669. The standard InChI is InChI=1S/C20H26FN3S/c1-3-24(4-2)15-18-8-6-5-7-17(18)14-23-20(25)22-13-16-9-11-19(21)12-10-16/h5-12H,3-4,13-15H2,1-2H3,(H2,22,23,25)/p+1. The summed E-state index contributed by atoms with van der Waals surface area (Å²) in [6.45, 7) is 8.98. The molecule has 0 bridgehead atoms. The number of nitrogens with one attached hydrogen (secondary N) is 3. The first-order chi connectivity index (χ1) is 12.1. The highest BCUT2D eigenvalue weighted by Crippen LogP contribution is 2.07. The summed E-state index contributed by atoms with van der Waals surface area (Å²) in [7, 11) is 0. The molecule has 0 atom stereocenters. The van der Waals surface area contributed by atoms with Gasteiger partial charge in [0.25, 0.3) is 0 Å². The molecule has 0 aliphatic carbocycles. The lowest BCUT2D eigenvalue weighted by Crippen LogP contribution is -3.10. The average Bonchev–Trinajstić information content (AvgIpc) is 2.64. The molecule has 0 fully saturated rings. The third kappa shape index (κ3) is 6.44. The van der Waals surface area contributed by atoms with Gasteiger partial charge in [0, 0.05) is 18.7 Å². The van der Waals surface area contributed by atoms with Crippen molar-refractivity contribution in [3.8, 4) is 0 Å². The Morgan fingerprint density at radius 2 is 1.52 bits per heavy atom. The number of thiocarbonyl (C=S) groups is 1. The molecule has 0 amide bonds. The van der Waals surface area contributed by atoms with Gasteiger partial charge in [-0.1, -0.05) is 36.4 Å². The molecule has 0 unspecified atom stereocenters. The van der Waals surface area contributed by atoms with E-state index in [0.717, 1.165) is 25.2 Å². The minimum atomic E-state index is -0.226. The van der Waals surface area contributed by atoms with E-state index in [0.29, 0.717) is 18.2 Å². The van der Waals surface area contributed by atoms with E-state index in [-0.39, 0.29) is 5.82 Å². The minimum absolute atomic E-state index is 0.226. The first-order valence-corrected chi connectivity index (χ1v) is 9.19. The summed E-state index contributed by atoms with van der Waals surface area (Å²) >= 11 is 5.35. The first kappa shape index (κ1) is 19.3. The Labute approximate surface area is 155 Å². The first-order valence-electron chi connectivity index (χ1n) is 8.78. The average molecular weight is 361 g/mol. The predicted molar refractivity (Wildman–Crippen MR) is 105 cm³/mol. The summed E-state index contributed by atoms with van der Waals surface area (Å²) in [6.07, 6.45) is 0. The minimum Gasteiger partial charge on any atom is -0.359 e. The number of rotatable bonds is 8. The lowest BCUT2D eigenvalue weighted by molar-refractivity contribution is -0.910. The van der Waals surface area contributed by atoms with Crippen LogP contribution in [0.3, 0.4) is 0 Å². The molecule has 0 saturated carbocycles. The van der Waals surface area contributed by atoms with Gasteiger partial charge in [-0.05, 0) is 49.3 Å². The van der Waals surface area contributed by atoms with Gasteiger partial charge in [-0.2, -0.15) is 0 Å². The van der Waals surface area contributed by atoms with Crippen LogP contribution in [-0.2, 0) is 19.6 Å². The number of quaternary nitrogens is 1. The molecular weight excluding hydrogens is 333 g/mol. The monoisotopic (exact) mass is 360 g/mol. The largest absolute Gasteiger partial charge is 0.359 e. The maximum Gasteiger partial charge on any atom is 0.166 e. The Balaban J connectivity index is 1.85. The Morgan fingerprint density at radius 3 is 2.16 bits per heavy atom. The molecule has 0 aliphatic heterocycles.